The van der Waals surface area contributed by atoms with Gasteiger partial charge in [0.2, 0.25) is 5.91 Å². The summed E-state index contributed by atoms with van der Waals surface area (Å²) in [5.74, 6) is 0.508. The number of nitrogens with zero attached hydrogens (tertiary/aromatic N) is 3. The van der Waals surface area contributed by atoms with Gasteiger partial charge in [-0.15, -0.1) is 0 Å². The van der Waals surface area contributed by atoms with Crippen LogP contribution in [0.25, 0.3) is 5.69 Å². The Morgan fingerprint density at radius 3 is 2.34 bits per heavy atom. The first-order chi connectivity index (χ1) is 16.4. The molecule has 3 aromatic rings. The van der Waals surface area contributed by atoms with Gasteiger partial charge in [0.15, 0.2) is 0 Å². The van der Waals surface area contributed by atoms with Crippen molar-refractivity contribution < 1.29 is 9.59 Å². The topological polar surface area (TPSA) is 79.3 Å². The van der Waals surface area contributed by atoms with E-state index in [1.807, 2.05) is 82.3 Å². The lowest BCUT2D eigenvalue weighted by molar-refractivity contribution is -0.116. The molecule has 0 aliphatic carbocycles. The Balaban J connectivity index is 1.83. The number of para-hydroxylation sites is 1. The Hall–Kier alpha value is -3.61. The molecule has 0 fully saturated rings. The summed E-state index contributed by atoms with van der Waals surface area (Å²) in [6.07, 6.45) is 0. The summed E-state index contributed by atoms with van der Waals surface area (Å²) in [7, 11) is 0. The molecule has 186 valence electrons. The minimum Gasteiger partial charge on any atom is -0.315 e. The standard InChI is InChI=1S/C28H37N5O2/c1-19(2)17-32(27(35)29-22-13-10-11-20(3)15-22)18-26(34)30-25-16-24(28(5,6)7)31-33(25)23-14-9-8-12-21(23)4/h8-16,19H,17-18H2,1-7H3,(H,29,35)(H,30,34). The van der Waals surface area contributed by atoms with E-state index in [0.717, 1.165) is 22.5 Å². The maximum Gasteiger partial charge on any atom is 0.322 e. The predicted molar refractivity (Wildman–Crippen MR) is 142 cm³/mol. The van der Waals surface area contributed by atoms with Crippen molar-refractivity contribution in [2.45, 2.75) is 53.9 Å². The number of aryl methyl sites for hydroxylation is 2. The molecule has 0 unspecified atom stereocenters. The summed E-state index contributed by atoms with van der Waals surface area (Å²) >= 11 is 0. The molecule has 7 heteroatoms. The molecule has 0 saturated carbocycles. The van der Waals surface area contributed by atoms with Gasteiger partial charge < -0.3 is 15.5 Å². The highest BCUT2D eigenvalue weighted by Crippen LogP contribution is 2.27. The van der Waals surface area contributed by atoms with E-state index >= 15 is 0 Å². The molecule has 0 aliphatic heterocycles. The number of benzene rings is 2. The summed E-state index contributed by atoms with van der Waals surface area (Å²) in [6.45, 7) is 14.7. The van der Waals surface area contributed by atoms with Gasteiger partial charge in [-0.2, -0.15) is 5.10 Å². The Morgan fingerprint density at radius 2 is 1.71 bits per heavy atom. The van der Waals surface area contributed by atoms with Crippen LogP contribution in [-0.2, 0) is 10.2 Å². The Kier molecular flexibility index (Phi) is 7.99. The quantitative estimate of drug-likeness (QED) is 0.445. The first-order valence-electron chi connectivity index (χ1n) is 12.0. The van der Waals surface area contributed by atoms with Crippen LogP contribution in [0.2, 0.25) is 0 Å². The van der Waals surface area contributed by atoms with Crippen LogP contribution >= 0.6 is 0 Å². The number of aromatic nitrogens is 2. The minimum atomic E-state index is -0.303. The second-order valence-electron chi connectivity index (χ2n) is 10.5. The van der Waals surface area contributed by atoms with Crippen molar-refractivity contribution in [1.82, 2.24) is 14.7 Å². The van der Waals surface area contributed by atoms with Crippen LogP contribution in [0.5, 0.6) is 0 Å². The van der Waals surface area contributed by atoms with Gasteiger partial charge in [0.05, 0.1) is 11.4 Å². The average molecular weight is 476 g/mol. The van der Waals surface area contributed by atoms with Gasteiger partial charge in [-0.05, 0) is 49.1 Å². The van der Waals surface area contributed by atoms with Crippen LogP contribution in [0.4, 0.5) is 16.3 Å². The van der Waals surface area contributed by atoms with Crippen LogP contribution in [0.15, 0.2) is 54.6 Å². The number of carbonyl (C=O) groups excluding carboxylic acids is 2. The van der Waals surface area contributed by atoms with E-state index < -0.39 is 0 Å². The number of hydrogen-bond donors (Lipinski definition) is 2. The number of carbonyl (C=O) groups is 2. The van der Waals surface area contributed by atoms with Gasteiger partial charge >= 0.3 is 6.03 Å². The summed E-state index contributed by atoms with van der Waals surface area (Å²) in [4.78, 5) is 27.7. The van der Waals surface area contributed by atoms with E-state index in [1.54, 1.807) is 9.58 Å². The van der Waals surface area contributed by atoms with Gasteiger partial charge in [-0.25, -0.2) is 9.48 Å². The van der Waals surface area contributed by atoms with Crippen molar-refractivity contribution >= 4 is 23.4 Å². The largest absolute Gasteiger partial charge is 0.322 e. The van der Waals surface area contributed by atoms with Crippen molar-refractivity contribution in [2.24, 2.45) is 5.92 Å². The van der Waals surface area contributed by atoms with Crippen LogP contribution in [0, 0.1) is 19.8 Å². The average Bonchev–Trinajstić information content (AvgIpc) is 3.17. The summed E-state index contributed by atoms with van der Waals surface area (Å²) in [5.41, 5.74) is 4.38. The number of anilines is 2. The van der Waals surface area contributed by atoms with Crippen LogP contribution in [0.1, 0.15) is 51.4 Å². The molecule has 3 rings (SSSR count). The summed E-state index contributed by atoms with van der Waals surface area (Å²) < 4.78 is 1.77. The zero-order chi connectivity index (χ0) is 25.8. The highest BCUT2D eigenvalue weighted by molar-refractivity contribution is 5.96. The minimum absolute atomic E-state index is 0.0698. The Bertz CT molecular complexity index is 1190. The second-order valence-corrected chi connectivity index (χ2v) is 10.5. The van der Waals surface area contributed by atoms with Gasteiger partial charge in [-0.1, -0.05) is 65.0 Å². The molecule has 35 heavy (non-hydrogen) atoms. The van der Waals surface area contributed by atoms with Gasteiger partial charge in [0.1, 0.15) is 12.4 Å². The molecule has 0 spiro atoms. The Labute approximate surface area is 208 Å². The molecular formula is C28H37N5O2. The number of rotatable bonds is 7. The molecule has 0 aliphatic rings. The highest BCUT2D eigenvalue weighted by atomic mass is 16.2. The lowest BCUT2D eigenvalue weighted by Gasteiger charge is -2.24. The van der Waals surface area contributed by atoms with E-state index in [1.165, 1.54) is 0 Å². The molecule has 0 saturated heterocycles. The fourth-order valence-corrected chi connectivity index (χ4v) is 3.76. The molecule has 2 aromatic carbocycles. The van der Waals surface area contributed by atoms with E-state index in [0.29, 0.717) is 18.1 Å². The molecular weight excluding hydrogens is 438 g/mol. The molecule has 3 amide bonds. The SMILES string of the molecule is Cc1cccc(NC(=O)N(CC(=O)Nc2cc(C(C)(C)C)nn2-c2ccccc2C)CC(C)C)c1. The van der Waals surface area contributed by atoms with Crippen molar-refractivity contribution in [1.29, 1.82) is 0 Å². The molecule has 7 nitrogen and oxygen atoms in total. The fourth-order valence-electron chi connectivity index (χ4n) is 3.76. The number of hydrogen-bond acceptors (Lipinski definition) is 3. The van der Waals surface area contributed by atoms with Crippen molar-refractivity contribution in [3.63, 3.8) is 0 Å². The normalized spacial score (nSPS) is 11.4. The molecule has 2 N–H and O–H groups in total. The van der Waals surface area contributed by atoms with Crippen LogP contribution in [-0.4, -0.2) is 39.7 Å². The highest BCUT2D eigenvalue weighted by Gasteiger charge is 2.24. The number of nitrogens with one attached hydrogen (secondary N) is 2. The third-order valence-electron chi connectivity index (χ3n) is 5.57. The van der Waals surface area contributed by atoms with Crippen LogP contribution < -0.4 is 10.6 Å². The zero-order valence-corrected chi connectivity index (χ0v) is 21.8. The van der Waals surface area contributed by atoms with E-state index in [4.69, 9.17) is 5.10 Å². The van der Waals surface area contributed by atoms with Gasteiger partial charge in [0, 0.05) is 23.7 Å². The second kappa shape index (κ2) is 10.8. The van der Waals surface area contributed by atoms with E-state index in [9.17, 15) is 9.59 Å². The summed E-state index contributed by atoms with van der Waals surface area (Å²) in [6, 6.07) is 17.1. The lowest BCUT2D eigenvalue weighted by atomic mass is 9.92. The lowest BCUT2D eigenvalue weighted by Crippen LogP contribution is -2.42. The third kappa shape index (κ3) is 6.94. The smallest absolute Gasteiger partial charge is 0.315 e. The van der Waals surface area contributed by atoms with E-state index in [-0.39, 0.29) is 29.8 Å². The molecule has 1 heterocycles. The van der Waals surface area contributed by atoms with Gasteiger partial charge in [-0.3, -0.25) is 4.79 Å². The fraction of sp³-hybridized carbons (Fsp3) is 0.393. The zero-order valence-electron chi connectivity index (χ0n) is 21.8. The van der Waals surface area contributed by atoms with Crippen LogP contribution in [0.3, 0.4) is 0 Å². The maximum atomic E-state index is 13.2. The first kappa shape index (κ1) is 26.0. The molecule has 0 atom stereocenters. The third-order valence-corrected chi connectivity index (χ3v) is 5.57. The van der Waals surface area contributed by atoms with Gasteiger partial charge in [0.25, 0.3) is 0 Å². The number of amides is 3. The number of urea groups is 1. The van der Waals surface area contributed by atoms with E-state index in [2.05, 4.69) is 31.4 Å². The summed E-state index contributed by atoms with van der Waals surface area (Å²) in [5, 5.41) is 10.7. The van der Waals surface area contributed by atoms with Crippen molar-refractivity contribution in [2.75, 3.05) is 23.7 Å². The Morgan fingerprint density at radius 1 is 1.00 bits per heavy atom. The molecule has 0 radical (unpaired) electrons. The van der Waals surface area contributed by atoms with Crippen molar-refractivity contribution in [3.05, 3.63) is 71.4 Å². The van der Waals surface area contributed by atoms with Crippen molar-refractivity contribution in [3.8, 4) is 5.69 Å². The monoisotopic (exact) mass is 475 g/mol. The maximum absolute atomic E-state index is 13.2. The molecule has 1 aromatic heterocycles. The predicted octanol–water partition coefficient (Wildman–Crippen LogP) is 5.92. The first-order valence-corrected chi connectivity index (χ1v) is 12.0. The molecule has 0 bridgehead atoms.